The van der Waals surface area contributed by atoms with Gasteiger partial charge in [0.05, 0.1) is 13.7 Å². The Balaban J connectivity index is 1.53. The Hall–Kier alpha value is -3.61. The molecule has 2 aromatic carbocycles. The molecule has 0 saturated heterocycles. The number of anilines is 2. The van der Waals surface area contributed by atoms with E-state index in [1.807, 2.05) is 54.6 Å². The Labute approximate surface area is 164 Å². The maximum atomic E-state index is 12.6. The molecule has 1 aromatic heterocycles. The van der Waals surface area contributed by atoms with E-state index in [4.69, 9.17) is 9.47 Å². The highest BCUT2D eigenvalue weighted by Crippen LogP contribution is 2.17. The maximum absolute atomic E-state index is 12.6. The Morgan fingerprint density at radius 1 is 1.04 bits per heavy atom. The molecule has 0 fully saturated rings. The first-order valence-electron chi connectivity index (χ1n) is 8.84. The first kappa shape index (κ1) is 19.2. The Bertz CT molecular complexity index is 901. The van der Waals surface area contributed by atoms with Crippen molar-refractivity contribution < 1.29 is 14.3 Å². The van der Waals surface area contributed by atoms with Gasteiger partial charge in [0.25, 0.3) is 5.91 Å². The highest BCUT2D eigenvalue weighted by molar-refractivity contribution is 6.04. The van der Waals surface area contributed by atoms with Crippen molar-refractivity contribution in [3.63, 3.8) is 0 Å². The number of ether oxygens (including phenoxy) is 2. The molecule has 0 aliphatic carbocycles. The normalized spacial score (nSPS) is 10.2. The lowest BCUT2D eigenvalue weighted by Gasteiger charge is -2.17. The Morgan fingerprint density at radius 2 is 1.75 bits per heavy atom. The van der Waals surface area contributed by atoms with Crippen molar-refractivity contribution in [3.8, 4) is 11.5 Å². The number of rotatable bonds is 8. The highest BCUT2D eigenvalue weighted by Gasteiger charge is 2.15. The fourth-order valence-electron chi connectivity index (χ4n) is 2.51. The van der Waals surface area contributed by atoms with E-state index < -0.39 is 0 Å². The smallest absolute Gasteiger partial charge is 0.276 e. The average Bonchev–Trinajstić information content (AvgIpc) is 2.77. The second-order valence-electron chi connectivity index (χ2n) is 5.92. The van der Waals surface area contributed by atoms with Crippen LogP contribution in [-0.2, 0) is 0 Å². The van der Waals surface area contributed by atoms with Crippen LogP contribution in [0.1, 0.15) is 10.5 Å². The fourth-order valence-corrected chi connectivity index (χ4v) is 2.51. The highest BCUT2D eigenvalue weighted by atomic mass is 16.5. The Morgan fingerprint density at radius 3 is 2.46 bits per heavy atom. The molecule has 1 heterocycles. The van der Waals surface area contributed by atoms with Crippen molar-refractivity contribution in [2.75, 3.05) is 37.5 Å². The molecule has 1 N–H and O–H groups in total. The van der Waals surface area contributed by atoms with E-state index in [9.17, 15) is 4.79 Å². The third-order valence-electron chi connectivity index (χ3n) is 4.04. The van der Waals surface area contributed by atoms with Gasteiger partial charge in [-0.05, 0) is 42.5 Å². The lowest BCUT2D eigenvalue weighted by molar-refractivity contribution is 0.0988. The summed E-state index contributed by atoms with van der Waals surface area (Å²) in [4.78, 5) is 22.6. The molecule has 0 spiro atoms. The molecule has 0 aliphatic rings. The van der Waals surface area contributed by atoms with Gasteiger partial charge < -0.3 is 19.7 Å². The van der Waals surface area contributed by atoms with E-state index in [2.05, 4.69) is 15.3 Å². The minimum atomic E-state index is -0.203. The standard InChI is InChI=1S/C21H22N4O3/c1-25(16-6-4-3-5-7-16)20(26)19-12-13-22-21(24-19)23-14-15-28-18-10-8-17(27-2)9-11-18/h3-13H,14-15H2,1-2H3,(H,22,23,24). The van der Waals surface area contributed by atoms with Crippen LogP contribution in [0.3, 0.4) is 0 Å². The number of nitrogens with one attached hydrogen (secondary N) is 1. The molecule has 0 aliphatic heterocycles. The average molecular weight is 378 g/mol. The van der Waals surface area contributed by atoms with Gasteiger partial charge in [-0.15, -0.1) is 0 Å². The molecule has 144 valence electrons. The number of methoxy groups -OCH3 is 1. The zero-order chi connectivity index (χ0) is 19.8. The van der Waals surface area contributed by atoms with Gasteiger partial charge in [0.2, 0.25) is 5.95 Å². The summed E-state index contributed by atoms with van der Waals surface area (Å²) in [7, 11) is 3.34. The minimum Gasteiger partial charge on any atom is -0.497 e. The summed E-state index contributed by atoms with van der Waals surface area (Å²) >= 11 is 0. The fraction of sp³-hybridized carbons (Fsp3) is 0.190. The molecule has 0 bridgehead atoms. The van der Waals surface area contributed by atoms with Gasteiger partial charge in [0.1, 0.15) is 23.8 Å². The minimum absolute atomic E-state index is 0.203. The molecule has 28 heavy (non-hydrogen) atoms. The number of para-hydroxylation sites is 1. The van der Waals surface area contributed by atoms with Crippen molar-refractivity contribution in [2.45, 2.75) is 0 Å². The number of nitrogens with zero attached hydrogens (tertiary/aromatic N) is 3. The molecule has 3 rings (SSSR count). The van der Waals surface area contributed by atoms with Gasteiger partial charge in [0, 0.05) is 18.9 Å². The lowest BCUT2D eigenvalue weighted by Crippen LogP contribution is -2.27. The van der Waals surface area contributed by atoms with Crippen LogP contribution < -0.4 is 19.7 Å². The van der Waals surface area contributed by atoms with Crippen LogP contribution in [0.5, 0.6) is 11.5 Å². The monoisotopic (exact) mass is 378 g/mol. The number of hydrogen-bond donors (Lipinski definition) is 1. The van der Waals surface area contributed by atoms with Gasteiger partial charge in [0.15, 0.2) is 0 Å². The van der Waals surface area contributed by atoms with Gasteiger partial charge in [-0.2, -0.15) is 0 Å². The molecular formula is C21H22N4O3. The predicted molar refractivity (Wildman–Crippen MR) is 108 cm³/mol. The zero-order valence-corrected chi connectivity index (χ0v) is 15.8. The summed E-state index contributed by atoms with van der Waals surface area (Å²) in [6.45, 7) is 0.927. The molecule has 7 heteroatoms. The third-order valence-corrected chi connectivity index (χ3v) is 4.04. The molecule has 7 nitrogen and oxygen atoms in total. The van der Waals surface area contributed by atoms with Crippen molar-refractivity contribution in [3.05, 3.63) is 72.6 Å². The van der Waals surface area contributed by atoms with Crippen LogP contribution in [0, 0.1) is 0 Å². The van der Waals surface area contributed by atoms with E-state index in [-0.39, 0.29) is 5.91 Å². The summed E-state index contributed by atoms with van der Waals surface area (Å²) < 4.78 is 10.8. The summed E-state index contributed by atoms with van der Waals surface area (Å²) in [6.07, 6.45) is 1.56. The molecule has 1 amide bonds. The predicted octanol–water partition coefficient (Wildman–Crippen LogP) is 3.25. The van der Waals surface area contributed by atoms with Crippen molar-refractivity contribution in [1.29, 1.82) is 0 Å². The molecular weight excluding hydrogens is 356 g/mol. The number of amides is 1. The van der Waals surface area contributed by atoms with E-state index in [1.165, 1.54) is 0 Å². The summed E-state index contributed by atoms with van der Waals surface area (Å²) in [5.41, 5.74) is 1.12. The molecule has 0 radical (unpaired) electrons. The van der Waals surface area contributed by atoms with Crippen LogP contribution in [0.2, 0.25) is 0 Å². The van der Waals surface area contributed by atoms with Gasteiger partial charge in [-0.3, -0.25) is 4.79 Å². The second-order valence-corrected chi connectivity index (χ2v) is 5.92. The maximum Gasteiger partial charge on any atom is 0.276 e. The topological polar surface area (TPSA) is 76.6 Å². The summed E-state index contributed by atoms with van der Waals surface area (Å²) in [6, 6.07) is 18.4. The lowest BCUT2D eigenvalue weighted by atomic mass is 10.2. The second kappa shape index (κ2) is 9.36. The van der Waals surface area contributed by atoms with Gasteiger partial charge >= 0.3 is 0 Å². The van der Waals surface area contributed by atoms with Crippen LogP contribution in [0.4, 0.5) is 11.6 Å². The van der Waals surface area contributed by atoms with E-state index in [1.54, 1.807) is 31.3 Å². The number of carbonyl (C=O) groups excluding carboxylic acids is 1. The summed E-state index contributed by atoms with van der Waals surface area (Å²) in [5.74, 6) is 1.70. The van der Waals surface area contributed by atoms with Crippen molar-refractivity contribution >= 4 is 17.5 Å². The van der Waals surface area contributed by atoms with Crippen LogP contribution in [0.15, 0.2) is 66.9 Å². The quantitative estimate of drug-likeness (QED) is 0.607. The van der Waals surface area contributed by atoms with E-state index in [0.29, 0.717) is 24.8 Å². The first-order chi connectivity index (χ1) is 13.7. The van der Waals surface area contributed by atoms with Crippen molar-refractivity contribution in [1.82, 2.24) is 9.97 Å². The number of aromatic nitrogens is 2. The van der Waals surface area contributed by atoms with Crippen molar-refractivity contribution in [2.24, 2.45) is 0 Å². The van der Waals surface area contributed by atoms with Gasteiger partial charge in [-0.1, -0.05) is 18.2 Å². The summed E-state index contributed by atoms with van der Waals surface area (Å²) in [5, 5.41) is 3.07. The number of hydrogen-bond acceptors (Lipinski definition) is 6. The zero-order valence-electron chi connectivity index (χ0n) is 15.8. The molecule has 3 aromatic rings. The van der Waals surface area contributed by atoms with E-state index >= 15 is 0 Å². The van der Waals surface area contributed by atoms with Crippen LogP contribution in [-0.4, -0.2) is 43.2 Å². The van der Waals surface area contributed by atoms with E-state index in [0.717, 1.165) is 17.2 Å². The van der Waals surface area contributed by atoms with Crippen LogP contribution in [0.25, 0.3) is 0 Å². The SMILES string of the molecule is COc1ccc(OCCNc2nccc(C(=O)N(C)c3ccccc3)n2)cc1. The molecule has 0 unspecified atom stereocenters. The van der Waals surface area contributed by atoms with Crippen LogP contribution >= 0.6 is 0 Å². The molecule has 0 saturated carbocycles. The van der Waals surface area contributed by atoms with Gasteiger partial charge in [-0.25, -0.2) is 9.97 Å². The number of benzene rings is 2. The molecule has 0 atom stereocenters. The first-order valence-corrected chi connectivity index (χ1v) is 8.84. The Kier molecular flexibility index (Phi) is 6.41. The largest absolute Gasteiger partial charge is 0.497 e. The third kappa shape index (κ3) is 4.97. The number of carbonyl (C=O) groups is 1.